The van der Waals surface area contributed by atoms with Crippen LogP contribution in [0, 0.1) is 11.6 Å². The number of fused-ring (bicyclic) bond motifs is 2. The first-order valence-electron chi connectivity index (χ1n) is 28.2. The van der Waals surface area contributed by atoms with Crippen molar-refractivity contribution in [1.29, 1.82) is 0 Å². The van der Waals surface area contributed by atoms with Crippen LogP contribution >= 0.6 is 0 Å². The van der Waals surface area contributed by atoms with Gasteiger partial charge in [0, 0.05) is 144 Å². The molecule has 8 atom stereocenters. The first kappa shape index (κ1) is 55.9. The number of anilines is 1. The van der Waals surface area contributed by atoms with Crippen molar-refractivity contribution >= 4 is 64.2 Å². The largest absolute Gasteiger partial charge is 0.461 e. The third-order valence-electron chi connectivity index (χ3n) is 13.6. The van der Waals surface area contributed by atoms with Crippen LogP contribution in [0.25, 0.3) is 10.9 Å². The van der Waals surface area contributed by atoms with E-state index in [1.807, 2.05) is 0 Å². The number of carbonyl (C=O) groups excluding carboxylic acids is 8. The Hall–Kier alpha value is -6.84. The maximum absolute atomic E-state index is 15.3. The van der Waals surface area contributed by atoms with Gasteiger partial charge in [-0.3, -0.25) is 28.8 Å². The summed E-state index contributed by atoms with van der Waals surface area (Å²) in [6.07, 6.45) is -3.75. The van der Waals surface area contributed by atoms with Gasteiger partial charge in [0.15, 0.2) is 0 Å². The maximum Gasteiger partial charge on any atom is 0.410 e. The molecule has 0 aliphatic carbocycles. The van der Waals surface area contributed by atoms with E-state index in [1.165, 1.54) is 66.1 Å². The molecule has 2 aromatic carbocycles. The quantitative estimate of drug-likeness (QED) is 0.0392. The van der Waals surface area contributed by atoms with E-state index in [2.05, 4.69) is 26.3 Å². The molecule has 20 nitrogen and oxygen atoms in total. The van der Waals surface area contributed by atoms with Gasteiger partial charge in [0.05, 0.1) is 18.5 Å². The van der Waals surface area contributed by atoms with Crippen LogP contribution in [0.15, 0.2) is 36.4 Å². The van der Waals surface area contributed by atoms with Crippen LogP contribution in [0.1, 0.15) is 152 Å². The van der Waals surface area contributed by atoms with Gasteiger partial charge in [-0.2, -0.15) is 0 Å². The number of H-pyrrole nitrogens is 1. The molecule has 0 radical (unpaired) electrons. The van der Waals surface area contributed by atoms with Gasteiger partial charge in [-0.1, -0.05) is 6.07 Å². The second kappa shape index (κ2) is 26.2. The number of nitrogens with zero attached hydrogens (tertiary/aromatic N) is 3. The molecule has 2 fully saturated rings. The number of halogens is 2. The minimum absolute atomic E-state index is 0.0157. The van der Waals surface area contributed by atoms with Gasteiger partial charge in [0.1, 0.15) is 40.8 Å². The van der Waals surface area contributed by atoms with Gasteiger partial charge in [-0.25, -0.2) is 18.4 Å². The standard InChI is InChI=1S/C56H78F2N8O12/c1-32(67)75-37-29-44(61-30-37)50(45(69)13-11-21-59-46(70)19-23-64(9)53(73)77-55(3,4)5)49-40-18-16-35(58)26-43(40)63-52(49)51-41(39-17-15-34(57)25-42(39)62-51)28-36-27-38(76-33(2)68)31-66(36)48(72)14-12-22-60-47(71)20-24-65(10)54(74)78-56(6,7)8/h15-18,25-26,36-38,41,44,50-51,61-63H,11-14,19-24,27-31H2,1-10H3,(H,59,70)(H,60,71)/i1D2,28D. The number of hydrogen-bond acceptors (Lipinski definition) is 14. The van der Waals surface area contributed by atoms with E-state index in [4.69, 9.17) is 21.7 Å². The number of nitrogens with one attached hydrogen (secondary N) is 5. The van der Waals surface area contributed by atoms with E-state index < -0.39 is 102 Å². The van der Waals surface area contributed by atoms with Gasteiger partial charge in [0.25, 0.3) is 0 Å². The van der Waals surface area contributed by atoms with Gasteiger partial charge in [-0.05, 0) is 102 Å². The molecular formula is C56H78F2N8O12. The zero-order valence-electron chi connectivity index (χ0n) is 49.1. The normalized spacial score (nSPS) is 21.3. The van der Waals surface area contributed by atoms with Crippen LogP contribution < -0.4 is 21.3 Å². The lowest BCUT2D eigenvalue weighted by Gasteiger charge is -2.31. The molecule has 0 bridgehead atoms. The molecule has 4 heterocycles. The number of carbonyl (C=O) groups is 8. The van der Waals surface area contributed by atoms with Crippen molar-refractivity contribution in [3.8, 4) is 0 Å². The van der Waals surface area contributed by atoms with Crippen LogP contribution in [-0.4, -0.2) is 156 Å². The van der Waals surface area contributed by atoms with Gasteiger partial charge >= 0.3 is 24.1 Å². The number of amides is 5. The molecule has 0 spiro atoms. The van der Waals surface area contributed by atoms with Gasteiger partial charge in [0.2, 0.25) is 17.7 Å². The molecular weight excluding hydrogens is 1010 g/mol. The van der Waals surface area contributed by atoms with Crippen molar-refractivity contribution in [3.05, 3.63) is 64.9 Å². The predicted molar refractivity (Wildman–Crippen MR) is 285 cm³/mol. The Morgan fingerprint density at radius 1 is 0.795 bits per heavy atom. The molecule has 5 amide bonds. The minimum atomic E-state index is -1.92. The van der Waals surface area contributed by atoms with E-state index in [-0.39, 0.29) is 120 Å². The fourth-order valence-electron chi connectivity index (χ4n) is 10.2. The third-order valence-corrected chi connectivity index (χ3v) is 13.6. The second-order valence-corrected chi connectivity index (χ2v) is 22.3. The smallest absolute Gasteiger partial charge is 0.410 e. The lowest BCUT2D eigenvalue weighted by molar-refractivity contribution is -0.147. The van der Waals surface area contributed by atoms with Gasteiger partial charge in [-0.15, -0.1) is 0 Å². The lowest BCUT2D eigenvalue weighted by Crippen LogP contribution is -2.38. The van der Waals surface area contributed by atoms with Crippen molar-refractivity contribution < 1.29 is 70.2 Å². The average Bonchev–Trinajstić information content (AvgIpc) is 4.30. The van der Waals surface area contributed by atoms with Crippen LogP contribution in [0.2, 0.25) is 0 Å². The van der Waals surface area contributed by atoms with Crippen LogP contribution in [0.5, 0.6) is 0 Å². The number of rotatable bonds is 22. The van der Waals surface area contributed by atoms with E-state index >= 15 is 13.6 Å². The number of ketones is 1. The fraction of sp³-hybridized carbons (Fsp3) is 0.607. The zero-order valence-corrected chi connectivity index (χ0v) is 46.1. The summed E-state index contributed by atoms with van der Waals surface area (Å²) < 4.78 is 77.8. The highest BCUT2D eigenvalue weighted by atomic mass is 19.1. The summed E-state index contributed by atoms with van der Waals surface area (Å²) in [5.74, 6) is -6.30. The van der Waals surface area contributed by atoms with Crippen LogP contribution in [-0.2, 0) is 47.7 Å². The summed E-state index contributed by atoms with van der Waals surface area (Å²) in [5.41, 5.74) is 0.404. The maximum atomic E-state index is 15.3. The molecule has 5 N–H and O–H groups in total. The second-order valence-electron chi connectivity index (χ2n) is 22.3. The fourth-order valence-corrected chi connectivity index (χ4v) is 10.2. The number of esters is 2. The summed E-state index contributed by atoms with van der Waals surface area (Å²) in [4.78, 5) is 112. The number of aromatic nitrogens is 1. The zero-order chi connectivity index (χ0) is 59.7. The van der Waals surface area contributed by atoms with E-state index in [0.29, 0.717) is 27.9 Å². The van der Waals surface area contributed by atoms with Crippen molar-refractivity contribution in [2.24, 2.45) is 0 Å². The third kappa shape index (κ3) is 16.8. The highest BCUT2D eigenvalue weighted by molar-refractivity contribution is 5.95. The summed E-state index contributed by atoms with van der Waals surface area (Å²) in [5, 5.41) is 12.7. The number of likely N-dealkylation sites (tertiary alicyclic amines) is 1. The van der Waals surface area contributed by atoms with Crippen molar-refractivity contribution in [1.82, 2.24) is 35.6 Å². The molecule has 3 aromatic rings. The monoisotopic (exact) mass is 1100 g/mol. The molecule has 2 saturated heterocycles. The summed E-state index contributed by atoms with van der Waals surface area (Å²) in [6.45, 7) is 10.1. The summed E-state index contributed by atoms with van der Waals surface area (Å²) >= 11 is 0. The molecule has 3 aliphatic rings. The summed E-state index contributed by atoms with van der Waals surface area (Å²) in [7, 11) is 3.03. The predicted octanol–water partition coefficient (Wildman–Crippen LogP) is 6.87. The molecule has 1 aromatic heterocycles. The molecule has 0 saturated carbocycles. The number of ether oxygens (including phenoxy) is 4. The van der Waals surface area contributed by atoms with E-state index in [1.54, 1.807) is 47.6 Å². The molecule has 8 unspecified atom stereocenters. The molecule has 78 heavy (non-hydrogen) atoms. The number of benzene rings is 2. The molecule has 3 aliphatic heterocycles. The number of hydrogen-bond donors (Lipinski definition) is 5. The molecule has 428 valence electrons. The van der Waals surface area contributed by atoms with E-state index in [9.17, 15) is 34.9 Å². The van der Waals surface area contributed by atoms with Crippen LogP contribution in [0.4, 0.5) is 24.1 Å². The Labute approximate surface area is 458 Å². The highest BCUT2D eigenvalue weighted by Gasteiger charge is 2.46. The Kier molecular flexibility index (Phi) is 18.8. The van der Waals surface area contributed by atoms with Gasteiger partial charge < -0.3 is 59.9 Å². The average molecular weight is 1100 g/mol. The van der Waals surface area contributed by atoms with E-state index in [0.717, 1.165) is 0 Å². The van der Waals surface area contributed by atoms with Crippen molar-refractivity contribution in [3.63, 3.8) is 0 Å². The Balaban J connectivity index is 1.28. The Morgan fingerprint density at radius 2 is 1.38 bits per heavy atom. The minimum Gasteiger partial charge on any atom is -0.461 e. The molecule has 6 rings (SSSR count). The SMILES string of the molecule is [2H]C([2H])C(=O)OC1CNC(C(C(=O)CCCNC(=O)CCN(C)C(=O)OC(C)(C)C)c2c(C3Nc4cc(F)ccc4C3C([2H])C3CC(OC(C)=O)CN3C(=O)CCCNC(=O)CCN(C)C(=O)OC(C)(C)C)[nH]c3cc(F)ccc23)C1. The lowest BCUT2D eigenvalue weighted by atomic mass is 9.79. The van der Waals surface area contributed by atoms with Crippen LogP contribution in [0.3, 0.4) is 0 Å². The Bertz CT molecular complexity index is 2790. The van der Waals surface area contributed by atoms with Crippen molar-refractivity contribution in [2.75, 3.05) is 58.7 Å². The highest BCUT2D eigenvalue weighted by Crippen LogP contribution is 2.51. The van der Waals surface area contributed by atoms with Crippen molar-refractivity contribution in [2.45, 2.75) is 166 Å². The topological polar surface area (TPSA) is 247 Å². The Morgan fingerprint density at radius 3 is 1.99 bits per heavy atom. The first-order chi connectivity index (χ1) is 38.0. The first-order valence-corrected chi connectivity index (χ1v) is 26.5. The summed E-state index contributed by atoms with van der Waals surface area (Å²) in [6, 6.07) is 5.46. The number of aromatic amines is 1. The number of Topliss-reactive ketones (excluding diaryl/α,β-unsaturated/α-hetero) is 1. The molecule has 22 heteroatoms.